The van der Waals surface area contributed by atoms with E-state index in [1.165, 1.54) is 6.92 Å². The third kappa shape index (κ3) is 4.74. The number of anilines is 1. The Morgan fingerprint density at radius 2 is 1.79 bits per heavy atom. The first-order valence-corrected chi connectivity index (χ1v) is 11.2. The van der Waals surface area contributed by atoms with E-state index in [2.05, 4.69) is 10.3 Å². The van der Waals surface area contributed by atoms with Crippen molar-refractivity contribution in [3.8, 4) is 5.69 Å². The van der Waals surface area contributed by atoms with E-state index in [9.17, 15) is 23.2 Å². The van der Waals surface area contributed by atoms with E-state index >= 15 is 0 Å². The molecule has 0 aliphatic rings. The van der Waals surface area contributed by atoms with E-state index in [0.717, 1.165) is 28.5 Å². The van der Waals surface area contributed by atoms with E-state index < -0.39 is 28.4 Å². The van der Waals surface area contributed by atoms with Crippen molar-refractivity contribution < 1.29 is 18.4 Å². The number of aromatic nitrogens is 2. The van der Waals surface area contributed by atoms with Gasteiger partial charge in [0.05, 0.1) is 21.8 Å². The number of carbonyl (C=O) groups is 2. The number of Topliss-reactive ketones (excluding diaryl/α,β-unsaturated/α-hetero) is 1. The van der Waals surface area contributed by atoms with Gasteiger partial charge in [-0.05, 0) is 50.2 Å². The number of hydrogen-bond acceptors (Lipinski definition) is 5. The highest BCUT2D eigenvalue weighted by Crippen LogP contribution is 2.27. The van der Waals surface area contributed by atoms with Gasteiger partial charge in [-0.15, -0.1) is 0 Å². The predicted molar refractivity (Wildman–Crippen MR) is 128 cm³/mol. The van der Waals surface area contributed by atoms with Crippen LogP contribution in [0, 0.1) is 11.6 Å². The predicted octanol–water partition coefficient (Wildman–Crippen LogP) is 4.99. The van der Waals surface area contributed by atoms with E-state index in [4.69, 9.17) is 0 Å². The minimum absolute atomic E-state index is 0.0781. The second kappa shape index (κ2) is 9.56. The van der Waals surface area contributed by atoms with Gasteiger partial charge in [0, 0.05) is 17.3 Å². The second-order valence-corrected chi connectivity index (χ2v) is 8.84. The number of nitrogens with zero attached hydrogens (tertiary/aromatic N) is 2. The van der Waals surface area contributed by atoms with Crippen LogP contribution in [0.25, 0.3) is 16.6 Å². The van der Waals surface area contributed by atoms with E-state index in [0.29, 0.717) is 22.8 Å². The van der Waals surface area contributed by atoms with Gasteiger partial charge in [0.15, 0.2) is 10.9 Å². The lowest BCUT2D eigenvalue weighted by atomic mass is 10.1. The minimum Gasteiger partial charge on any atom is -0.325 e. The molecule has 1 atom stereocenters. The smallest absolute Gasteiger partial charge is 0.266 e. The Labute approximate surface area is 197 Å². The molecule has 0 spiro atoms. The minimum atomic E-state index is -0.931. The molecule has 1 amide bonds. The van der Waals surface area contributed by atoms with E-state index in [-0.39, 0.29) is 22.0 Å². The van der Waals surface area contributed by atoms with Crippen LogP contribution < -0.4 is 10.9 Å². The number of benzene rings is 3. The normalized spacial score (nSPS) is 11.9. The third-order valence-corrected chi connectivity index (χ3v) is 6.14. The molecule has 0 saturated heterocycles. The van der Waals surface area contributed by atoms with Crippen molar-refractivity contribution >= 4 is 40.0 Å². The molecule has 0 aliphatic heterocycles. The van der Waals surface area contributed by atoms with Gasteiger partial charge in [-0.2, -0.15) is 0 Å². The first kappa shape index (κ1) is 23.3. The zero-order valence-corrected chi connectivity index (χ0v) is 19.0. The molecule has 4 rings (SSSR count). The van der Waals surface area contributed by atoms with Crippen LogP contribution >= 0.6 is 11.8 Å². The summed E-state index contributed by atoms with van der Waals surface area (Å²) in [6.07, 6.45) is 0. The number of fused-ring (bicyclic) bond motifs is 1. The molecule has 1 aromatic heterocycles. The SMILES string of the molecule is CC(=O)c1cccc(NC(=O)C(C)Sc2nc3ccccc3c(=O)n2-c2ccc(F)cc2F)c1. The highest BCUT2D eigenvalue weighted by Gasteiger charge is 2.22. The summed E-state index contributed by atoms with van der Waals surface area (Å²) in [6, 6.07) is 16.0. The van der Waals surface area contributed by atoms with Crippen LogP contribution in [0.3, 0.4) is 0 Å². The molecular formula is C25H19F2N3O3S. The van der Waals surface area contributed by atoms with Crippen molar-refractivity contribution in [2.75, 3.05) is 5.32 Å². The maximum atomic E-state index is 14.6. The van der Waals surface area contributed by atoms with Crippen LogP contribution in [0.5, 0.6) is 0 Å². The molecular weight excluding hydrogens is 460 g/mol. The highest BCUT2D eigenvalue weighted by atomic mass is 32.2. The number of nitrogens with one attached hydrogen (secondary N) is 1. The van der Waals surface area contributed by atoms with Crippen LogP contribution in [0.4, 0.5) is 14.5 Å². The van der Waals surface area contributed by atoms with Crippen molar-refractivity contribution in [2.45, 2.75) is 24.3 Å². The van der Waals surface area contributed by atoms with Gasteiger partial charge >= 0.3 is 0 Å². The van der Waals surface area contributed by atoms with Crippen LogP contribution in [-0.2, 0) is 4.79 Å². The van der Waals surface area contributed by atoms with Gasteiger partial charge in [0.1, 0.15) is 11.6 Å². The van der Waals surface area contributed by atoms with Crippen LogP contribution in [0.2, 0.25) is 0 Å². The standard InChI is InChI=1S/C25H19F2N3O3S/c1-14(31)16-6-5-7-18(12-16)28-23(32)15(2)34-25-29-21-9-4-3-8-19(21)24(33)30(25)22-11-10-17(26)13-20(22)27/h3-13,15H,1-2H3,(H,28,32). The first-order chi connectivity index (χ1) is 16.2. The molecule has 3 aromatic carbocycles. The molecule has 172 valence electrons. The molecule has 0 saturated carbocycles. The number of hydrogen-bond donors (Lipinski definition) is 1. The lowest BCUT2D eigenvalue weighted by molar-refractivity contribution is -0.115. The van der Waals surface area contributed by atoms with Gasteiger partial charge in [-0.1, -0.05) is 36.0 Å². The maximum Gasteiger partial charge on any atom is 0.266 e. The second-order valence-electron chi connectivity index (χ2n) is 7.53. The molecule has 1 heterocycles. The van der Waals surface area contributed by atoms with Crippen molar-refractivity contribution in [1.82, 2.24) is 9.55 Å². The highest BCUT2D eigenvalue weighted by molar-refractivity contribution is 8.00. The number of ketones is 1. The lowest BCUT2D eigenvalue weighted by Crippen LogP contribution is -2.26. The molecule has 6 nitrogen and oxygen atoms in total. The lowest BCUT2D eigenvalue weighted by Gasteiger charge is -2.17. The Morgan fingerprint density at radius 3 is 2.53 bits per heavy atom. The maximum absolute atomic E-state index is 14.6. The molecule has 0 radical (unpaired) electrons. The molecule has 0 fully saturated rings. The Bertz CT molecular complexity index is 1490. The molecule has 9 heteroatoms. The summed E-state index contributed by atoms with van der Waals surface area (Å²) >= 11 is 0.957. The Morgan fingerprint density at radius 1 is 1.03 bits per heavy atom. The monoisotopic (exact) mass is 479 g/mol. The zero-order valence-electron chi connectivity index (χ0n) is 18.2. The van der Waals surface area contributed by atoms with E-state index in [1.54, 1.807) is 55.5 Å². The number of thioether (sulfide) groups is 1. The first-order valence-electron chi connectivity index (χ1n) is 10.3. The van der Waals surface area contributed by atoms with Crippen LogP contribution in [0.1, 0.15) is 24.2 Å². The number of rotatable bonds is 6. The fourth-order valence-electron chi connectivity index (χ4n) is 3.34. The fourth-order valence-corrected chi connectivity index (χ4v) is 4.26. The van der Waals surface area contributed by atoms with Gasteiger partial charge in [0.2, 0.25) is 5.91 Å². The summed E-state index contributed by atoms with van der Waals surface area (Å²) < 4.78 is 29.2. The molecule has 4 aromatic rings. The summed E-state index contributed by atoms with van der Waals surface area (Å²) in [5.41, 5.74) is 0.568. The van der Waals surface area contributed by atoms with Crippen molar-refractivity contribution in [3.63, 3.8) is 0 Å². The Kier molecular flexibility index (Phi) is 6.56. The largest absolute Gasteiger partial charge is 0.325 e. The van der Waals surface area contributed by atoms with Crippen molar-refractivity contribution in [2.24, 2.45) is 0 Å². The quantitative estimate of drug-likeness (QED) is 0.240. The summed E-state index contributed by atoms with van der Waals surface area (Å²) in [7, 11) is 0. The topological polar surface area (TPSA) is 81.1 Å². The van der Waals surface area contributed by atoms with Gasteiger partial charge in [-0.25, -0.2) is 13.8 Å². The summed E-state index contributed by atoms with van der Waals surface area (Å²) in [6.45, 7) is 3.04. The number of carbonyl (C=O) groups excluding carboxylic acids is 2. The van der Waals surface area contributed by atoms with Crippen molar-refractivity contribution in [1.29, 1.82) is 0 Å². The number of amides is 1. The van der Waals surface area contributed by atoms with Crippen molar-refractivity contribution in [3.05, 3.63) is 94.3 Å². The molecule has 1 N–H and O–H groups in total. The summed E-state index contributed by atoms with van der Waals surface area (Å²) in [5, 5.41) is 2.33. The Hall–Kier alpha value is -3.85. The molecule has 0 aliphatic carbocycles. The summed E-state index contributed by atoms with van der Waals surface area (Å²) in [5.74, 6) is -2.25. The molecule has 0 bridgehead atoms. The number of halogens is 2. The molecule has 1 unspecified atom stereocenters. The average molecular weight is 480 g/mol. The van der Waals surface area contributed by atoms with Gasteiger partial charge in [0.25, 0.3) is 5.56 Å². The average Bonchev–Trinajstić information content (AvgIpc) is 2.80. The van der Waals surface area contributed by atoms with Gasteiger partial charge < -0.3 is 5.32 Å². The van der Waals surface area contributed by atoms with Crippen LogP contribution in [0.15, 0.2) is 76.7 Å². The zero-order chi connectivity index (χ0) is 24.4. The summed E-state index contributed by atoms with van der Waals surface area (Å²) in [4.78, 5) is 42.2. The van der Waals surface area contributed by atoms with Gasteiger partial charge in [-0.3, -0.25) is 19.0 Å². The number of para-hydroxylation sites is 1. The molecule has 34 heavy (non-hydrogen) atoms. The van der Waals surface area contributed by atoms with E-state index in [1.807, 2.05) is 0 Å². The fraction of sp³-hybridized carbons (Fsp3) is 0.120. The van der Waals surface area contributed by atoms with Crippen LogP contribution in [-0.4, -0.2) is 26.5 Å². The third-order valence-electron chi connectivity index (χ3n) is 5.08. The Balaban J connectivity index is 1.72.